The van der Waals surface area contributed by atoms with Crippen molar-refractivity contribution in [3.8, 4) is 0 Å². The van der Waals surface area contributed by atoms with Crippen LogP contribution in [0.25, 0.3) is 0 Å². The zero-order valence-electron chi connectivity index (χ0n) is 10.8. The van der Waals surface area contributed by atoms with E-state index >= 15 is 0 Å². The van der Waals surface area contributed by atoms with Crippen LogP contribution in [0.2, 0.25) is 0 Å². The second-order valence-corrected chi connectivity index (χ2v) is 5.74. The van der Waals surface area contributed by atoms with Crippen LogP contribution in [0.15, 0.2) is 21.2 Å². The van der Waals surface area contributed by atoms with Gasteiger partial charge in [-0.1, -0.05) is 0 Å². The van der Waals surface area contributed by atoms with Crippen LogP contribution in [0, 0.1) is 0 Å². The van der Waals surface area contributed by atoms with Crippen LogP contribution < -0.4 is 11.1 Å². The van der Waals surface area contributed by atoms with Crippen LogP contribution in [-0.4, -0.2) is 24.8 Å². The molecule has 0 aromatic carbocycles. The van der Waals surface area contributed by atoms with Gasteiger partial charge in [0.25, 0.3) is 0 Å². The summed E-state index contributed by atoms with van der Waals surface area (Å²) in [5, 5.41) is 2.68. The standard InChI is InChI=1S/C12H19BrN2O3/c1-12(2,3)18-11(16)15-7-8(6-14)9-4-5-10(13)17-9/h4-5,8H,6-7,14H2,1-3H3,(H,15,16). The molecule has 102 valence electrons. The van der Waals surface area contributed by atoms with E-state index in [1.165, 1.54) is 0 Å². The van der Waals surface area contributed by atoms with E-state index in [1.54, 1.807) is 6.07 Å². The molecule has 0 bridgehead atoms. The molecule has 1 atom stereocenters. The van der Waals surface area contributed by atoms with Crippen LogP contribution >= 0.6 is 15.9 Å². The second kappa shape index (κ2) is 6.24. The summed E-state index contributed by atoms with van der Waals surface area (Å²) in [5.41, 5.74) is 5.16. The van der Waals surface area contributed by atoms with Crippen molar-refractivity contribution in [2.75, 3.05) is 13.1 Å². The predicted octanol–water partition coefficient (Wildman–Crippen LogP) is 2.61. The Labute approximate surface area is 115 Å². The number of halogens is 1. The smallest absolute Gasteiger partial charge is 0.407 e. The quantitative estimate of drug-likeness (QED) is 0.894. The minimum Gasteiger partial charge on any atom is -0.454 e. The molecule has 1 aromatic rings. The van der Waals surface area contributed by atoms with Crippen molar-refractivity contribution >= 4 is 22.0 Å². The molecule has 6 heteroatoms. The number of rotatable bonds is 4. The third kappa shape index (κ3) is 5.10. The van der Waals surface area contributed by atoms with Gasteiger partial charge in [-0.15, -0.1) is 0 Å². The number of ether oxygens (including phenoxy) is 1. The molecule has 1 amide bonds. The molecular weight excluding hydrogens is 300 g/mol. The van der Waals surface area contributed by atoms with Gasteiger partial charge in [-0.2, -0.15) is 0 Å². The van der Waals surface area contributed by atoms with E-state index in [-0.39, 0.29) is 5.92 Å². The van der Waals surface area contributed by atoms with Crippen LogP contribution in [0.1, 0.15) is 32.4 Å². The van der Waals surface area contributed by atoms with Crippen LogP contribution in [0.4, 0.5) is 4.79 Å². The number of furan rings is 1. The molecule has 18 heavy (non-hydrogen) atoms. The fourth-order valence-corrected chi connectivity index (χ4v) is 1.69. The number of carbonyl (C=O) groups excluding carboxylic acids is 1. The van der Waals surface area contributed by atoms with Crippen molar-refractivity contribution in [3.63, 3.8) is 0 Å². The number of hydrogen-bond donors (Lipinski definition) is 2. The number of carbonyl (C=O) groups is 1. The normalized spacial score (nSPS) is 13.2. The fraction of sp³-hybridized carbons (Fsp3) is 0.583. The average Bonchev–Trinajstić information content (AvgIpc) is 2.63. The average molecular weight is 319 g/mol. The van der Waals surface area contributed by atoms with Crippen LogP contribution in [0.3, 0.4) is 0 Å². The van der Waals surface area contributed by atoms with Gasteiger partial charge in [-0.25, -0.2) is 4.79 Å². The number of nitrogens with one attached hydrogen (secondary N) is 1. The van der Waals surface area contributed by atoms with Gasteiger partial charge in [0.05, 0.1) is 0 Å². The summed E-state index contributed by atoms with van der Waals surface area (Å²) in [6.07, 6.45) is -0.452. The van der Waals surface area contributed by atoms with Crippen molar-refractivity contribution in [1.82, 2.24) is 5.32 Å². The Morgan fingerprint density at radius 1 is 1.56 bits per heavy atom. The van der Waals surface area contributed by atoms with Gasteiger partial charge in [0, 0.05) is 19.0 Å². The van der Waals surface area contributed by atoms with Crippen molar-refractivity contribution in [1.29, 1.82) is 0 Å². The van der Waals surface area contributed by atoms with E-state index < -0.39 is 11.7 Å². The minimum atomic E-state index is -0.504. The lowest BCUT2D eigenvalue weighted by Gasteiger charge is -2.21. The van der Waals surface area contributed by atoms with E-state index in [9.17, 15) is 4.79 Å². The van der Waals surface area contributed by atoms with Crippen molar-refractivity contribution in [2.45, 2.75) is 32.3 Å². The molecule has 1 unspecified atom stereocenters. The number of nitrogens with two attached hydrogens (primary N) is 1. The molecule has 0 aliphatic rings. The predicted molar refractivity (Wildman–Crippen MR) is 72.4 cm³/mol. The first-order valence-corrected chi connectivity index (χ1v) is 6.53. The molecule has 1 rings (SSSR count). The third-order valence-electron chi connectivity index (χ3n) is 2.17. The summed E-state index contributed by atoms with van der Waals surface area (Å²) < 4.78 is 11.2. The lowest BCUT2D eigenvalue weighted by Crippen LogP contribution is -2.36. The molecule has 0 saturated heterocycles. The minimum absolute atomic E-state index is 0.0659. The summed E-state index contributed by atoms with van der Waals surface area (Å²) in [5.74, 6) is 0.671. The molecule has 0 fully saturated rings. The van der Waals surface area contributed by atoms with E-state index in [2.05, 4.69) is 21.2 Å². The van der Waals surface area contributed by atoms with Crippen LogP contribution in [-0.2, 0) is 4.74 Å². The van der Waals surface area contributed by atoms with Gasteiger partial charge >= 0.3 is 6.09 Å². The Hall–Kier alpha value is -1.01. The topological polar surface area (TPSA) is 77.5 Å². The highest BCUT2D eigenvalue weighted by atomic mass is 79.9. The van der Waals surface area contributed by atoms with Crippen molar-refractivity contribution < 1.29 is 13.9 Å². The summed E-state index contributed by atoms with van der Waals surface area (Å²) in [4.78, 5) is 11.5. The van der Waals surface area contributed by atoms with Gasteiger partial charge in [-0.05, 0) is 48.8 Å². The first kappa shape index (κ1) is 15.0. The molecule has 0 aliphatic heterocycles. The number of amides is 1. The molecule has 0 aliphatic carbocycles. The van der Waals surface area contributed by atoms with E-state index in [0.717, 1.165) is 5.76 Å². The maximum atomic E-state index is 11.5. The molecule has 0 saturated carbocycles. The second-order valence-electron chi connectivity index (χ2n) is 4.96. The van der Waals surface area contributed by atoms with Gasteiger partial charge < -0.3 is 20.2 Å². The summed E-state index contributed by atoms with van der Waals surface area (Å²) in [7, 11) is 0. The molecule has 0 spiro atoms. The number of alkyl carbamates (subject to hydrolysis) is 1. The summed E-state index contributed by atoms with van der Waals surface area (Å²) >= 11 is 3.23. The Kier molecular flexibility index (Phi) is 5.22. The first-order valence-electron chi connectivity index (χ1n) is 5.74. The van der Waals surface area contributed by atoms with Crippen molar-refractivity contribution in [2.24, 2.45) is 5.73 Å². The van der Waals surface area contributed by atoms with E-state index in [0.29, 0.717) is 17.8 Å². The highest BCUT2D eigenvalue weighted by Gasteiger charge is 2.19. The molecule has 3 N–H and O–H groups in total. The Morgan fingerprint density at radius 3 is 2.67 bits per heavy atom. The SMILES string of the molecule is CC(C)(C)OC(=O)NCC(CN)c1ccc(Br)o1. The Morgan fingerprint density at radius 2 is 2.22 bits per heavy atom. The highest BCUT2D eigenvalue weighted by molar-refractivity contribution is 9.10. The molecular formula is C12H19BrN2O3. The van der Waals surface area contributed by atoms with E-state index in [1.807, 2.05) is 26.8 Å². The van der Waals surface area contributed by atoms with Gasteiger partial charge in [-0.3, -0.25) is 0 Å². The van der Waals surface area contributed by atoms with Gasteiger partial charge in [0.2, 0.25) is 0 Å². The molecule has 0 radical (unpaired) electrons. The Balaban J connectivity index is 2.48. The highest BCUT2D eigenvalue weighted by Crippen LogP contribution is 2.21. The zero-order chi connectivity index (χ0) is 13.8. The largest absolute Gasteiger partial charge is 0.454 e. The monoisotopic (exact) mass is 318 g/mol. The maximum Gasteiger partial charge on any atom is 0.407 e. The van der Waals surface area contributed by atoms with E-state index in [4.69, 9.17) is 14.9 Å². The Bertz CT molecular complexity index is 398. The van der Waals surface area contributed by atoms with Crippen molar-refractivity contribution in [3.05, 3.63) is 22.6 Å². The zero-order valence-corrected chi connectivity index (χ0v) is 12.4. The summed E-state index contributed by atoms with van der Waals surface area (Å²) in [6.45, 7) is 6.21. The lowest BCUT2D eigenvalue weighted by molar-refractivity contribution is 0.0524. The first-order chi connectivity index (χ1) is 8.31. The number of hydrogen-bond acceptors (Lipinski definition) is 4. The van der Waals surface area contributed by atoms with Gasteiger partial charge in [0.1, 0.15) is 11.4 Å². The summed E-state index contributed by atoms with van der Waals surface area (Å²) in [6, 6.07) is 3.63. The third-order valence-corrected chi connectivity index (χ3v) is 2.60. The van der Waals surface area contributed by atoms with Gasteiger partial charge in [0.15, 0.2) is 4.67 Å². The fourth-order valence-electron chi connectivity index (χ4n) is 1.37. The molecule has 1 heterocycles. The molecule has 1 aromatic heterocycles. The lowest BCUT2D eigenvalue weighted by atomic mass is 10.1. The maximum absolute atomic E-state index is 11.5. The molecule has 5 nitrogen and oxygen atoms in total. The van der Waals surface area contributed by atoms with Crippen LogP contribution in [0.5, 0.6) is 0 Å².